The molecule has 1 fully saturated rings. The summed E-state index contributed by atoms with van der Waals surface area (Å²) in [4.78, 5) is 10.8. The lowest BCUT2D eigenvalue weighted by Gasteiger charge is -2.31. The van der Waals surface area contributed by atoms with Crippen LogP contribution in [0.2, 0.25) is 0 Å². The zero-order valence-electron chi connectivity index (χ0n) is 11.8. The fraction of sp³-hybridized carbons (Fsp3) is 0.615. The maximum Gasteiger partial charge on any atom is 0.371 e. The van der Waals surface area contributed by atoms with Crippen LogP contribution in [0, 0.1) is 0 Å². The number of nitrogens with zero attached hydrogens (tertiary/aromatic N) is 1. The summed E-state index contributed by atoms with van der Waals surface area (Å²) in [7, 11) is -3.81. The van der Waals surface area contributed by atoms with Crippen LogP contribution in [-0.2, 0) is 14.8 Å². The second-order valence-electron chi connectivity index (χ2n) is 4.92. The Balaban J connectivity index is 2.12. The van der Waals surface area contributed by atoms with E-state index in [1.807, 2.05) is 6.92 Å². The highest BCUT2D eigenvalue weighted by atomic mass is 32.2. The molecule has 0 saturated carbocycles. The van der Waals surface area contributed by atoms with Crippen molar-refractivity contribution in [3.05, 3.63) is 17.9 Å². The van der Waals surface area contributed by atoms with Crippen molar-refractivity contribution in [1.29, 1.82) is 0 Å². The first-order valence-corrected chi connectivity index (χ1v) is 8.34. The number of piperidine rings is 1. The molecule has 2 heterocycles. The number of carbonyl (C=O) groups is 1. The maximum atomic E-state index is 12.4. The molecular formula is C13H19NO6S. The molecule has 0 aliphatic carbocycles. The summed E-state index contributed by atoms with van der Waals surface area (Å²) in [5, 5.41) is 8.45. The fourth-order valence-corrected chi connectivity index (χ4v) is 3.67. The molecule has 8 heteroatoms. The Morgan fingerprint density at radius 1 is 1.52 bits per heavy atom. The van der Waals surface area contributed by atoms with Crippen molar-refractivity contribution >= 4 is 16.0 Å². The largest absolute Gasteiger partial charge is 0.475 e. The average molecular weight is 317 g/mol. The molecule has 1 aromatic rings. The lowest BCUT2D eigenvalue weighted by Crippen LogP contribution is -2.43. The van der Waals surface area contributed by atoms with E-state index in [2.05, 4.69) is 0 Å². The number of carboxylic acids is 1. The molecular weight excluding hydrogens is 298 g/mol. The van der Waals surface area contributed by atoms with Crippen molar-refractivity contribution in [2.45, 2.75) is 37.4 Å². The Labute approximate surface area is 123 Å². The van der Waals surface area contributed by atoms with Gasteiger partial charge in [-0.05, 0) is 31.4 Å². The second kappa shape index (κ2) is 6.59. The van der Waals surface area contributed by atoms with Crippen LogP contribution in [0.15, 0.2) is 21.6 Å². The van der Waals surface area contributed by atoms with Crippen molar-refractivity contribution in [1.82, 2.24) is 4.31 Å². The predicted octanol–water partition coefficient (Wildman–Crippen LogP) is 1.56. The maximum absolute atomic E-state index is 12.4. The van der Waals surface area contributed by atoms with Crippen LogP contribution in [0.4, 0.5) is 0 Å². The smallest absolute Gasteiger partial charge is 0.371 e. The standard InChI is InChI=1S/C13H19NO6S/c1-2-8-19-10-4-3-7-14(9-10)21(17,18)12-6-5-11(20-12)13(15)16/h5-6,10H,2-4,7-9H2,1H3,(H,15,16). The molecule has 118 valence electrons. The SMILES string of the molecule is CCCOC1CCCN(S(=O)(=O)c2ccc(C(=O)O)o2)C1. The Morgan fingerprint density at radius 2 is 2.29 bits per heavy atom. The van der Waals surface area contributed by atoms with Crippen molar-refractivity contribution in [2.24, 2.45) is 0 Å². The Morgan fingerprint density at radius 3 is 2.90 bits per heavy atom. The van der Waals surface area contributed by atoms with Gasteiger partial charge in [0.25, 0.3) is 10.0 Å². The molecule has 1 aliphatic heterocycles. The molecule has 0 spiro atoms. The van der Waals surface area contributed by atoms with E-state index in [4.69, 9.17) is 14.3 Å². The van der Waals surface area contributed by atoms with Gasteiger partial charge in [0, 0.05) is 19.7 Å². The van der Waals surface area contributed by atoms with Gasteiger partial charge in [0.2, 0.25) is 10.9 Å². The van der Waals surface area contributed by atoms with Gasteiger partial charge >= 0.3 is 5.97 Å². The van der Waals surface area contributed by atoms with Gasteiger partial charge in [0.1, 0.15) is 0 Å². The third-order valence-corrected chi connectivity index (χ3v) is 5.02. The molecule has 0 radical (unpaired) electrons. The third kappa shape index (κ3) is 3.63. The molecule has 2 rings (SSSR count). The zero-order chi connectivity index (χ0) is 15.5. The summed E-state index contributed by atoms with van der Waals surface area (Å²) in [6.07, 6.45) is 2.29. The van der Waals surface area contributed by atoms with Crippen LogP contribution in [0.3, 0.4) is 0 Å². The third-order valence-electron chi connectivity index (χ3n) is 3.28. The van der Waals surface area contributed by atoms with E-state index in [1.165, 1.54) is 10.4 Å². The Kier molecular flexibility index (Phi) is 5.02. The highest BCUT2D eigenvalue weighted by molar-refractivity contribution is 7.89. The molecule has 21 heavy (non-hydrogen) atoms. The van der Waals surface area contributed by atoms with E-state index < -0.39 is 16.0 Å². The van der Waals surface area contributed by atoms with Gasteiger partial charge in [-0.3, -0.25) is 0 Å². The molecule has 1 aliphatic rings. The van der Waals surface area contributed by atoms with E-state index in [-0.39, 0.29) is 23.5 Å². The first-order chi connectivity index (χ1) is 9.95. The number of sulfonamides is 1. The highest BCUT2D eigenvalue weighted by Crippen LogP contribution is 2.23. The molecule has 1 unspecified atom stereocenters. The van der Waals surface area contributed by atoms with Crippen LogP contribution >= 0.6 is 0 Å². The van der Waals surface area contributed by atoms with Gasteiger partial charge in [-0.15, -0.1) is 0 Å². The van der Waals surface area contributed by atoms with Crippen LogP contribution < -0.4 is 0 Å². The van der Waals surface area contributed by atoms with Gasteiger partial charge in [-0.25, -0.2) is 13.2 Å². The van der Waals surface area contributed by atoms with Crippen LogP contribution in [0.25, 0.3) is 0 Å². The first-order valence-electron chi connectivity index (χ1n) is 6.90. The fourth-order valence-electron chi connectivity index (χ4n) is 2.24. The summed E-state index contributed by atoms with van der Waals surface area (Å²) in [5.41, 5.74) is 0. The number of ether oxygens (including phenoxy) is 1. The van der Waals surface area contributed by atoms with Crippen molar-refractivity contribution in [3.8, 4) is 0 Å². The van der Waals surface area contributed by atoms with E-state index in [0.717, 1.165) is 18.9 Å². The predicted molar refractivity (Wildman–Crippen MR) is 73.7 cm³/mol. The lowest BCUT2D eigenvalue weighted by molar-refractivity contribution is 0.0190. The molecule has 1 saturated heterocycles. The van der Waals surface area contributed by atoms with Gasteiger partial charge < -0.3 is 14.3 Å². The summed E-state index contributed by atoms with van der Waals surface area (Å²) in [6.45, 7) is 3.25. The van der Waals surface area contributed by atoms with Gasteiger partial charge in [-0.1, -0.05) is 6.92 Å². The zero-order valence-corrected chi connectivity index (χ0v) is 12.6. The minimum absolute atomic E-state index is 0.123. The van der Waals surface area contributed by atoms with Gasteiger partial charge in [-0.2, -0.15) is 4.31 Å². The summed E-state index contributed by atoms with van der Waals surface area (Å²) >= 11 is 0. The summed E-state index contributed by atoms with van der Waals surface area (Å²) < 4.78 is 36.7. The minimum atomic E-state index is -3.81. The van der Waals surface area contributed by atoms with Crippen LogP contribution in [0.5, 0.6) is 0 Å². The average Bonchev–Trinajstić information content (AvgIpc) is 2.96. The topological polar surface area (TPSA) is 97.0 Å². The summed E-state index contributed by atoms with van der Waals surface area (Å²) in [5.74, 6) is -1.68. The number of hydrogen-bond acceptors (Lipinski definition) is 5. The van der Waals surface area contributed by atoms with E-state index in [0.29, 0.717) is 19.6 Å². The van der Waals surface area contributed by atoms with Crippen molar-refractivity contribution in [3.63, 3.8) is 0 Å². The number of furan rings is 1. The van der Waals surface area contributed by atoms with Crippen LogP contribution in [-0.4, -0.2) is 49.6 Å². The van der Waals surface area contributed by atoms with Crippen molar-refractivity contribution in [2.75, 3.05) is 19.7 Å². The van der Waals surface area contributed by atoms with E-state index in [9.17, 15) is 13.2 Å². The van der Waals surface area contributed by atoms with Crippen LogP contribution in [0.1, 0.15) is 36.7 Å². The van der Waals surface area contributed by atoms with Crippen molar-refractivity contribution < 1.29 is 27.5 Å². The van der Waals surface area contributed by atoms with Gasteiger partial charge in [0.05, 0.1) is 6.10 Å². The summed E-state index contributed by atoms with van der Waals surface area (Å²) in [6, 6.07) is 2.32. The number of rotatable bonds is 6. The Hall–Kier alpha value is -1.38. The first kappa shape index (κ1) is 16.0. The monoisotopic (exact) mass is 317 g/mol. The minimum Gasteiger partial charge on any atom is -0.475 e. The lowest BCUT2D eigenvalue weighted by atomic mass is 10.1. The molecule has 1 aromatic heterocycles. The van der Waals surface area contributed by atoms with E-state index >= 15 is 0 Å². The second-order valence-corrected chi connectivity index (χ2v) is 6.79. The Bertz CT molecular complexity index is 594. The molecule has 0 bridgehead atoms. The highest BCUT2D eigenvalue weighted by Gasteiger charge is 2.33. The molecule has 7 nitrogen and oxygen atoms in total. The molecule has 0 amide bonds. The molecule has 1 N–H and O–H groups in total. The van der Waals surface area contributed by atoms with E-state index in [1.54, 1.807) is 0 Å². The number of aromatic carboxylic acids is 1. The molecule has 0 aromatic carbocycles. The number of carboxylic acid groups (broad SMARTS) is 1. The number of hydrogen-bond donors (Lipinski definition) is 1. The molecule has 1 atom stereocenters. The quantitative estimate of drug-likeness (QED) is 0.855. The van der Waals surface area contributed by atoms with Gasteiger partial charge in [0.15, 0.2) is 0 Å². The normalized spacial score (nSPS) is 20.5.